The zero-order chi connectivity index (χ0) is 19.6. The summed E-state index contributed by atoms with van der Waals surface area (Å²) in [5.41, 5.74) is 0.238. The summed E-state index contributed by atoms with van der Waals surface area (Å²) in [5, 5.41) is 0. The van der Waals surface area contributed by atoms with E-state index < -0.39 is 22.4 Å². The van der Waals surface area contributed by atoms with Crippen molar-refractivity contribution in [2.75, 3.05) is 32.3 Å². The van der Waals surface area contributed by atoms with Crippen LogP contribution in [0.5, 0.6) is 11.5 Å². The fraction of sp³-hybridized carbons (Fsp3) is 0.556. The third kappa shape index (κ3) is 4.52. The molecule has 1 aromatic carbocycles. The van der Waals surface area contributed by atoms with E-state index in [1.54, 1.807) is 11.0 Å². The lowest BCUT2D eigenvalue weighted by Gasteiger charge is -2.28. The van der Waals surface area contributed by atoms with Gasteiger partial charge in [-0.2, -0.15) is 0 Å². The Bertz CT molecular complexity index is 832. The van der Waals surface area contributed by atoms with Crippen LogP contribution >= 0.6 is 0 Å². The van der Waals surface area contributed by atoms with Crippen molar-refractivity contribution >= 4 is 21.7 Å². The van der Waals surface area contributed by atoms with E-state index in [1.165, 1.54) is 26.4 Å². The second-order valence-corrected chi connectivity index (χ2v) is 8.96. The van der Waals surface area contributed by atoms with Crippen molar-refractivity contribution in [3.63, 3.8) is 0 Å². The molecule has 0 bridgehead atoms. The van der Waals surface area contributed by atoms with Crippen molar-refractivity contribution < 1.29 is 32.2 Å². The van der Waals surface area contributed by atoms with Gasteiger partial charge in [0, 0.05) is 12.1 Å². The molecular formula is C18H23NO7S. The predicted molar refractivity (Wildman–Crippen MR) is 96.8 cm³/mol. The lowest BCUT2D eigenvalue weighted by Crippen LogP contribution is -2.44. The quantitative estimate of drug-likeness (QED) is 0.634. The Labute approximate surface area is 158 Å². The Morgan fingerprint density at radius 2 is 1.78 bits per heavy atom. The van der Waals surface area contributed by atoms with Crippen molar-refractivity contribution in [2.24, 2.45) is 0 Å². The number of ether oxygens (including phenoxy) is 3. The summed E-state index contributed by atoms with van der Waals surface area (Å²) in [6, 6.07) is 4.31. The number of rotatable bonds is 7. The molecule has 27 heavy (non-hydrogen) atoms. The van der Waals surface area contributed by atoms with Crippen LogP contribution in [0, 0.1) is 0 Å². The minimum Gasteiger partial charge on any atom is -0.493 e. The molecule has 2 fully saturated rings. The molecule has 1 aliphatic carbocycles. The number of esters is 1. The normalized spacial score (nSPS) is 20.7. The third-order valence-electron chi connectivity index (χ3n) is 4.78. The van der Waals surface area contributed by atoms with Crippen molar-refractivity contribution in [1.29, 1.82) is 0 Å². The smallest absolute Gasteiger partial charge is 0.338 e. The van der Waals surface area contributed by atoms with Gasteiger partial charge < -0.3 is 19.1 Å². The Hall–Kier alpha value is -2.29. The van der Waals surface area contributed by atoms with Gasteiger partial charge in [0.2, 0.25) is 0 Å². The van der Waals surface area contributed by atoms with Gasteiger partial charge in [-0.1, -0.05) is 0 Å². The van der Waals surface area contributed by atoms with Gasteiger partial charge in [0.05, 0.1) is 31.3 Å². The van der Waals surface area contributed by atoms with Crippen LogP contribution in [-0.2, 0) is 19.4 Å². The first-order valence-corrected chi connectivity index (χ1v) is 10.6. The lowest BCUT2D eigenvalue weighted by molar-refractivity contribution is -0.137. The molecule has 1 saturated heterocycles. The highest BCUT2D eigenvalue weighted by Gasteiger charge is 2.42. The molecule has 8 nitrogen and oxygen atoms in total. The molecule has 0 N–H and O–H groups in total. The number of hydrogen-bond donors (Lipinski definition) is 0. The molecule has 1 aromatic rings. The fourth-order valence-electron chi connectivity index (χ4n) is 3.30. The van der Waals surface area contributed by atoms with Gasteiger partial charge in [-0.15, -0.1) is 0 Å². The molecule has 0 spiro atoms. The Morgan fingerprint density at radius 3 is 2.33 bits per heavy atom. The topological polar surface area (TPSA) is 99.2 Å². The number of nitrogens with zero attached hydrogens (tertiary/aromatic N) is 1. The Kier molecular flexibility index (Phi) is 5.59. The lowest BCUT2D eigenvalue weighted by atomic mass is 10.2. The molecule has 0 unspecified atom stereocenters. The van der Waals surface area contributed by atoms with Crippen molar-refractivity contribution in [3.05, 3.63) is 23.8 Å². The van der Waals surface area contributed by atoms with Gasteiger partial charge in [-0.05, 0) is 37.5 Å². The molecule has 0 aromatic heterocycles. The molecule has 1 atom stereocenters. The van der Waals surface area contributed by atoms with E-state index in [-0.39, 0.29) is 35.1 Å². The van der Waals surface area contributed by atoms with Crippen LogP contribution in [-0.4, -0.2) is 69.6 Å². The first-order chi connectivity index (χ1) is 12.8. The summed E-state index contributed by atoms with van der Waals surface area (Å²) in [6.07, 6.45) is 2.14. The van der Waals surface area contributed by atoms with Gasteiger partial charge in [0.15, 0.2) is 27.9 Å². The second kappa shape index (κ2) is 7.75. The van der Waals surface area contributed by atoms with Gasteiger partial charge in [0.1, 0.15) is 0 Å². The highest BCUT2D eigenvalue weighted by atomic mass is 32.2. The van der Waals surface area contributed by atoms with Crippen LogP contribution in [0.15, 0.2) is 18.2 Å². The van der Waals surface area contributed by atoms with E-state index in [2.05, 4.69) is 0 Å². The maximum Gasteiger partial charge on any atom is 0.338 e. The van der Waals surface area contributed by atoms with E-state index in [0.717, 1.165) is 12.8 Å². The van der Waals surface area contributed by atoms with Crippen LogP contribution in [0.4, 0.5) is 0 Å². The minimum absolute atomic E-state index is 0.0150. The number of hydrogen-bond acceptors (Lipinski definition) is 7. The van der Waals surface area contributed by atoms with Crippen molar-refractivity contribution in [3.8, 4) is 11.5 Å². The summed E-state index contributed by atoms with van der Waals surface area (Å²) in [5.74, 6) is -0.0626. The summed E-state index contributed by atoms with van der Waals surface area (Å²) in [7, 11) is -0.147. The standard InChI is InChI=1S/C18H23NO7S/c1-24-15-6-3-12(9-16(15)25-2)18(21)26-10-17(20)19(13-4-5-13)14-7-8-27(22,23)11-14/h3,6,9,13-14H,4-5,7-8,10-11H2,1-2H3/t14-/m0/s1. The van der Waals surface area contributed by atoms with E-state index >= 15 is 0 Å². The molecule has 1 heterocycles. The first-order valence-electron chi connectivity index (χ1n) is 8.75. The Morgan fingerprint density at radius 1 is 1.07 bits per heavy atom. The summed E-state index contributed by atoms with van der Waals surface area (Å²) in [6.45, 7) is -0.416. The number of amides is 1. The molecule has 9 heteroatoms. The molecule has 1 aliphatic heterocycles. The van der Waals surface area contributed by atoms with Crippen LogP contribution in [0.25, 0.3) is 0 Å². The largest absolute Gasteiger partial charge is 0.493 e. The zero-order valence-corrected chi connectivity index (χ0v) is 16.2. The highest BCUT2D eigenvalue weighted by Crippen LogP contribution is 2.32. The van der Waals surface area contributed by atoms with E-state index in [0.29, 0.717) is 17.9 Å². The maximum absolute atomic E-state index is 12.6. The van der Waals surface area contributed by atoms with Crippen LogP contribution in [0.2, 0.25) is 0 Å². The number of sulfone groups is 1. The van der Waals surface area contributed by atoms with Crippen molar-refractivity contribution in [2.45, 2.75) is 31.3 Å². The monoisotopic (exact) mass is 397 g/mol. The molecule has 148 valence electrons. The average Bonchev–Trinajstić information content (AvgIpc) is 3.42. The average molecular weight is 397 g/mol. The van der Waals surface area contributed by atoms with E-state index in [1.807, 2.05) is 0 Å². The van der Waals surface area contributed by atoms with Gasteiger partial charge >= 0.3 is 5.97 Å². The van der Waals surface area contributed by atoms with Gasteiger partial charge in [-0.25, -0.2) is 13.2 Å². The van der Waals surface area contributed by atoms with Crippen molar-refractivity contribution in [1.82, 2.24) is 4.90 Å². The summed E-state index contributed by atoms with van der Waals surface area (Å²) in [4.78, 5) is 26.5. The summed E-state index contributed by atoms with van der Waals surface area (Å²) >= 11 is 0. The molecule has 1 saturated carbocycles. The molecule has 1 amide bonds. The molecule has 0 radical (unpaired) electrons. The second-order valence-electron chi connectivity index (χ2n) is 6.73. The highest BCUT2D eigenvalue weighted by molar-refractivity contribution is 7.91. The number of methoxy groups -OCH3 is 2. The Balaban J connectivity index is 1.63. The zero-order valence-electron chi connectivity index (χ0n) is 15.3. The minimum atomic E-state index is -3.10. The fourth-order valence-corrected chi connectivity index (χ4v) is 5.01. The van der Waals surface area contributed by atoms with Crippen LogP contribution < -0.4 is 9.47 Å². The van der Waals surface area contributed by atoms with Gasteiger partial charge in [-0.3, -0.25) is 4.79 Å². The molecule has 2 aliphatic rings. The number of carbonyl (C=O) groups excluding carboxylic acids is 2. The maximum atomic E-state index is 12.6. The van der Waals surface area contributed by atoms with Crippen LogP contribution in [0.1, 0.15) is 29.6 Å². The molecule has 3 rings (SSSR count). The van der Waals surface area contributed by atoms with Crippen LogP contribution in [0.3, 0.4) is 0 Å². The molecular weight excluding hydrogens is 374 g/mol. The third-order valence-corrected chi connectivity index (χ3v) is 6.53. The van der Waals surface area contributed by atoms with E-state index in [4.69, 9.17) is 14.2 Å². The number of benzene rings is 1. The number of carbonyl (C=O) groups is 2. The first kappa shape index (κ1) is 19.5. The van der Waals surface area contributed by atoms with Gasteiger partial charge in [0.25, 0.3) is 5.91 Å². The SMILES string of the molecule is COc1ccc(C(=O)OCC(=O)N(C2CC2)[C@H]2CCS(=O)(=O)C2)cc1OC. The predicted octanol–water partition coefficient (Wildman–Crippen LogP) is 1.04. The van der Waals surface area contributed by atoms with E-state index in [9.17, 15) is 18.0 Å². The summed E-state index contributed by atoms with van der Waals surface area (Å²) < 4.78 is 38.9.